The molecule has 2 unspecified atom stereocenters. The Morgan fingerprint density at radius 2 is 1.90 bits per heavy atom. The number of nitrogens with one attached hydrogen (secondary N) is 2. The van der Waals surface area contributed by atoms with Crippen molar-refractivity contribution in [3.63, 3.8) is 0 Å². The van der Waals surface area contributed by atoms with E-state index in [1.54, 1.807) is 38.1 Å². The maximum Gasteiger partial charge on any atom is 0.223 e. The van der Waals surface area contributed by atoms with Crippen LogP contribution in [0.25, 0.3) is 0 Å². The first-order valence-corrected chi connectivity index (χ1v) is 10.8. The summed E-state index contributed by atoms with van der Waals surface area (Å²) >= 11 is 0. The van der Waals surface area contributed by atoms with Gasteiger partial charge in [-0.15, -0.1) is 0 Å². The van der Waals surface area contributed by atoms with Crippen LogP contribution >= 0.6 is 0 Å². The van der Waals surface area contributed by atoms with Gasteiger partial charge in [-0.3, -0.25) is 15.0 Å². The molecule has 2 aromatic carbocycles. The number of hydrogen-bond acceptors (Lipinski definition) is 3. The third kappa shape index (κ3) is 5.78. The van der Waals surface area contributed by atoms with E-state index in [4.69, 9.17) is 11.1 Å². The first-order valence-electron chi connectivity index (χ1n) is 10.8. The van der Waals surface area contributed by atoms with Gasteiger partial charge in [-0.05, 0) is 68.2 Å². The third-order valence-corrected chi connectivity index (χ3v) is 6.24. The number of rotatable bonds is 8. The van der Waals surface area contributed by atoms with E-state index < -0.39 is 6.04 Å². The van der Waals surface area contributed by atoms with Crippen molar-refractivity contribution in [2.75, 3.05) is 0 Å². The quantitative estimate of drug-likeness (QED) is 0.442. The molecule has 1 aliphatic carbocycles. The first kappa shape index (κ1) is 22.7. The number of ketones is 1. The Labute approximate surface area is 182 Å². The highest BCUT2D eigenvalue weighted by molar-refractivity contribution is 5.95. The van der Waals surface area contributed by atoms with Crippen LogP contribution in [0.4, 0.5) is 4.39 Å². The molecule has 164 valence electrons. The molecular weight excluding hydrogens is 393 g/mol. The SMILES string of the molecule is Cc1ccc(C2CCC(C(=O)N[C@@H](C)C(=O)CCc3ccc(C(=N)N)cc3)C2)cc1F. The summed E-state index contributed by atoms with van der Waals surface area (Å²) in [6.07, 6.45) is 3.17. The van der Waals surface area contributed by atoms with Crippen molar-refractivity contribution in [2.24, 2.45) is 11.7 Å². The predicted octanol–water partition coefficient (Wildman–Crippen LogP) is 4.01. The number of amides is 1. The van der Waals surface area contributed by atoms with E-state index in [2.05, 4.69) is 5.32 Å². The molecule has 31 heavy (non-hydrogen) atoms. The van der Waals surface area contributed by atoms with E-state index in [0.29, 0.717) is 30.4 Å². The lowest BCUT2D eigenvalue weighted by Crippen LogP contribution is -2.41. The van der Waals surface area contributed by atoms with E-state index in [1.165, 1.54) is 0 Å². The molecule has 6 heteroatoms. The molecule has 0 heterocycles. The van der Waals surface area contributed by atoms with Crippen molar-refractivity contribution in [3.8, 4) is 0 Å². The van der Waals surface area contributed by atoms with Gasteiger partial charge in [0.15, 0.2) is 5.78 Å². The molecule has 3 rings (SSSR count). The van der Waals surface area contributed by atoms with Crippen LogP contribution in [0.5, 0.6) is 0 Å². The van der Waals surface area contributed by atoms with Gasteiger partial charge in [-0.25, -0.2) is 4.39 Å². The summed E-state index contributed by atoms with van der Waals surface area (Å²) in [5.74, 6) is -0.277. The second-order valence-corrected chi connectivity index (χ2v) is 8.52. The maximum atomic E-state index is 13.9. The van der Waals surface area contributed by atoms with Crippen molar-refractivity contribution in [1.29, 1.82) is 5.41 Å². The molecule has 0 aliphatic heterocycles. The van der Waals surface area contributed by atoms with Gasteiger partial charge in [-0.1, -0.05) is 36.4 Å². The lowest BCUT2D eigenvalue weighted by Gasteiger charge is -2.17. The van der Waals surface area contributed by atoms with Crippen LogP contribution in [-0.2, 0) is 16.0 Å². The molecule has 0 radical (unpaired) electrons. The summed E-state index contributed by atoms with van der Waals surface area (Å²) in [6.45, 7) is 3.46. The molecule has 1 amide bonds. The fourth-order valence-corrected chi connectivity index (χ4v) is 4.13. The number of hydrogen-bond donors (Lipinski definition) is 3. The number of halogens is 1. The Balaban J connectivity index is 1.47. The lowest BCUT2D eigenvalue weighted by molar-refractivity contribution is -0.129. The van der Waals surface area contributed by atoms with E-state index in [-0.39, 0.29) is 35.2 Å². The Bertz CT molecular complexity index is 971. The second-order valence-electron chi connectivity index (χ2n) is 8.52. The first-order chi connectivity index (χ1) is 14.7. The minimum atomic E-state index is -0.542. The fourth-order valence-electron chi connectivity index (χ4n) is 4.13. The molecule has 0 saturated heterocycles. The smallest absolute Gasteiger partial charge is 0.223 e. The highest BCUT2D eigenvalue weighted by Gasteiger charge is 2.32. The molecular formula is C25H30FN3O2. The fraction of sp³-hybridized carbons (Fsp3) is 0.400. The van der Waals surface area contributed by atoms with Crippen LogP contribution in [0.2, 0.25) is 0 Å². The average Bonchev–Trinajstić information content (AvgIpc) is 3.24. The summed E-state index contributed by atoms with van der Waals surface area (Å²) in [4.78, 5) is 25.2. The van der Waals surface area contributed by atoms with Gasteiger partial charge in [0.2, 0.25) is 5.91 Å². The van der Waals surface area contributed by atoms with Crippen LogP contribution in [-0.4, -0.2) is 23.6 Å². The van der Waals surface area contributed by atoms with Crippen LogP contribution in [0.3, 0.4) is 0 Å². The van der Waals surface area contributed by atoms with Gasteiger partial charge < -0.3 is 11.1 Å². The second kappa shape index (κ2) is 9.86. The summed E-state index contributed by atoms with van der Waals surface area (Å²) in [7, 11) is 0. The number of benzene rings is 2. The van der Waals surface area contributed by atoms with Gasteiger partial charge in [0.05, 0.1) is 6.04 Å². The Hall–Kier alpha value is -3.02. The summed E-state index contributed by atoms with van der Waals surface area (Å²) in [5.41, 5.74) is 8.66. The van der Waals surface area contributed by atoms with Crippen molar-refractivity contribution in [2.45, 2.75) is 57.9 Å². The molecule has 4 N–H and O–H groups in total. The van der Waals surface area contributed by atoms with Crippen LogP contribution in [0.1, 0.15) is 60.8 Å². The molecule has 1 fully saturated rings. The standard InChI is InChI=1S/C25H30FN3O2/c1-15-3-7-20(14-22(15)26)19-10-11-21(13-19)25(31)29-16(2)23(30)12-6-17-4-8-18(9-5-17)24(27)28/h3-5,7-9,14,16,19,21H,6,10-13H2,1-2H3,(H3,27,28)(H,29,31)/t16-,19?,21?/m0/s1. The topological polar surface area (TPSA) is 96.0 Å². The Morgan fingerprint density at radius 3 is 2.55 bits per heavy atom. The van der Waals surface area contributed by atoms with E-state index in [0.717, 1.165) is 24.0 Å². The zero-order chi connectivity index (χ0) is 22.5. The van der Waals surface area contributed by atoms with Crippen LogP contribution in [0, 0.1) is 24.1 Å². The molecule has 3 atom stereocenters. The van der Waals surface area contributed by atoms with Gasteiger partial charge in [0, 0.05) is 17.9 Å². The van der Waals surface area contributed by atoms with E-state index in [9.17, 15) is 14.0 Å². The number of amidine groups is 1. The van der Waals surface area contributed by atoms with Gasteiger partial charge >= 0.3 is 0 Å². The van der Waals surface area contributed by atoms with Crippen molar-refractivity contribution in [3.05, 3.63) is 70.5 Å². The molecule has 5 nitrogen and oxygen atoms in total. The average molecular weight is 424 g/mol. The van der Waals surface area contributed by atoms with Crippen LogP contribution < -0.4 is 11.1 Å². The minimum Gasteiger partial charge on any atom is -0.384 e. The number of aryl methyl sites for hydroxylation is 2. The predicted molar refractivity (Wildman–Crippen MR) is 120 cm³/mol. The number of nitrogen functional groups attached to an aromatic ring is 1. The third-order valence-electron chi connectivity index (χ3n) is 6.24. The molecule has 1 aliphatic rings. The molecule has 0 bridgehead atoms. The van der Waals surface area contributed by atoms with Crippen molar-refractivity contribution < 1.29 is 14.0 Å². The maximum absolute atomic E-state index is 13.9. The van der Waals surface area contributed by atoms with Gasteiger partial charge in [0.25, 0.3) is 0 Å². The summed E-state index contributed by atoms with van der Waals surface area (Å²) < 4.78 is 13.9. The zero-order valence-electron chi connectivity index (χ0n) is 18.1. The van der Waals surface area contributed by atoms with Gasteiger partial charge in [-0.2, -0.15) is 0 Å². The number of Topliss-reactive ketones (excluding diaryl/α,β-unsaturated/α-hetero) is 1. The van der Waals surface area contributed by atoms with Crippen molar-refractivity contribution in [1.82, 2.24) is 5.32 Å². The van der Waals surface area contributed by atoms with Crippen LogP contribution in [0.15, 0.2) is 42.5 Å². The van der Waals surface area contributed by atoms with Gasteiger partial charge in [0.1, 0.15) is 11.7 Å². The highest BCUT2D eigenvalue weighted by Crippen LogP contribution is 2.38. The number of carbonyl (C=O) groups excluding carboxylic acids is 2. The summed E-state index contributed by atoms with van der Waals surface area (Å²) in [5, 5.41) is 10.3. The largest absolute Gasteiger partial charge is 0.384 e. The monoisotopic (exact) mass is 423 g/mol. The number of nitrogens with two attached hydrogens (primary N) is 1. The number of carbonyl (C=O) groups is 2. The summed E-state index contributed by atoms with van der Waals surface area (Å²) in [6, 6.07) is 12.0. The molecule has 0 spiro atoms. The van der Waals surface area contributed by atoms with Crippen molar-refractivity contribution >= 4 is 17.5 Å². The highest BCUT2D eigenvalue weighted by atomic mass is 19.1. The minimum absolute atomic E-state index is 0.0145. The normalized spacial score (nSPS) is 19.1. The molecule has 2 aromatic rings. The molecule has 0 aromatic heterocycles. The van der Waals surface area contributed by atoms with E-state index >= 15 is 0 Å². The Morgan fingerprint density at radius 1 is 1.19 bits per heavy atom. The Kier molecular flexibility index (Phi) is 7.21. The van der Waals surface area contributed by atoms with E-state index in [1.807, 2.05) is 18.2 Å². The lowest BCUT2D eigenvalue weighted by atomic mass is 9.95. The molecule has 1 saturated carbocycles. The zero-order valence-corrected chi connectivity index (χ0v) is 18.1.